The molecule has 1 atom stereocenters. The van der Waals surface area contributed by atoms with Crippen molar-refractivity contribution >= 4 is 52.2 Å². The van der Waals surface area contributed by atoms with E-state index in [-0.39, 0.29) is 0 Å². The van der Waals surface area contributed by atoms with Crippen LogP contribution in [0.5, 0.6) is 0 Å². The van der Waals surface area contributed by atoms with Gasteiger partial charge in [-0.25, -0.2) is 4.68 Å². The Labute approximate surface area is 175 Å². The summed E-state index contributed by atoms with van der Waals surface area (Å²) in [6, 6.07) is 0.473. The highest BCUT2D eigenvalue weighted by molar-refractivity contribution is 6.45. The van der Waals surface area contributed by atoms with Crippen LogP contribution in [0.2, 0.25) is 15.1 Å². The summed E-state index contributed by atoms with van der Waals surface area (Å²) < 4.78 is 44.5. The minimum atomic E-state index is -4.87. The average molecular weight is 478 g/mol. The number of aliphatic hydroxyl groups is 1. The third kappa shape index (κ3) is 5.08. The highest BCUT2D eigenvalue weighted by Crippen LogP contribution is 2.45. The Morgan fingerprint density at radius 1 is 1.41 bits per heavy atom. The summed E-state index contributed by atoms with van der Waals surface area (Å²) in [4.78, 5) is 22.3. The summed E-state index contributed by atoms with van der Waals surface area (Å²) in [5.74, 6) is -1.49. The van der Waals surface area contributed by atoms with Crippen molar-refractivity contribution in [3.05, 3.63) is 43.0 Å². The first-order valence-corrected chi connectivity index (χ1v) is 8.55. The molecule has 2 aromatic rings. The fourth-order valence-corrected chi connectivity index (χ4v) is 2.98. The van der Waals surface area contributed by atoms with Crippen molar-refractivity contribution in [2.24, 2.45) is 0 Å². The Morgan fingerprint density at radius 2 is 2.03 bits per heavy atom. The lowest BCUT2D eigenvalue weighted by molar-refractivity contribution is -0.384. The number of nitro groups is 1. The largest absolute Gasteiger partial charge is 0.417 e. The van der Waals surface area contributed by atoms with Gasteiger partial charge in [0.2, 0.25) is 5.82 Å². The number of hydrogen-bond acceptors (Lipinski definition) is 6. The fraction of sp³-hybridized carbons (Fsp3) is 0.286. The normalized spacial score (nSPS) is 12.7. The molecule has 0 aliphatic rings. The van der Waals surface area contributed by atoms with E-state index in [1.165, 1.54) is 6.92 Å². The molecule has 0 aliphatic carbocycles. The van der Waals surface area contributed by atoms with Gasteiger partial charge in [-0.05, 0) is 13.0 Å². The number of aliphatic hydroxyl groups excluding tert-OH is 1. The van der Waals surface area contributed by atoms with E-state index in [0.29, 0.717) is 10.7 Å². The van der Waals surface area contributed by atoms with Gasteiger partial charge in [-0.3, -0.25) is 14.9 Å². The van der Waals surface area contributed by atoms with Crippen LogP contribution in [-0.2, 0) is 15.7 Å². The summed E-state index contributed by atoms with van der Waals surface area (Å²) in [5, 5.41) is 23.9. The van der Waals surface area contributed by atoms with E-state index in [1.54, 1.807) is 0 Å². The quantitative estimate of drug-likeness (QED) is 0.280. The van der Waals surface area contributed by atoms with Crippen molar-refractivity contribution in [3.63, 3.8) is 0 Å². The number of carbonyl (C=O) groups is 1. The fourth-order valence-electron chi connectivity index (χ4n) is 2.11. The second kappa shape index (κ2) is 8.71. The first-order chi connectivity index (χ1) is 13.3. The van der Waals surface area contributed by atoms with Crippen LogP contribution in [0.25, 0.3) is 5.69 Å². The molecule has 15 heteroatoms. The third-order valence-corrected chi connectivity index (χ3v) is 4.46. The maximum atomic E-state index is 13.0. The molecule has 0 saturated carbocycles. The van der Waals surface area contributed by atoms with Crippen LogP contribution in [-0.4, -0.2) is 38.6 Å². The first kappa shape index (κ1) is 23.2. The topological polar surface area (TPSA) is 120 Å². The molecule has 2 rings (SSSR count). The van der Waals surface area contributed by atoms with Crippen molar-refractivity contribution in [3.8, 4) is 5.69 Å². The summed E-state index contributed by atoms with van der Waals surface area (Å²) in [6.07, 6.45) is -5.43. The SMILES string of the molecule is CC(O)OCC(=O)Nc1c([N+](=O)[O-])cnn1-c1c(Cl)cc(C(F)(F)F)c(Cl)c1Cl. The number of nitrogens with one attached hydrogen (secondary N) is 1. The number of nitrogens with zero attached hydrogens (tertiary/aromatic N) is 3. The second-order valence-corrected chi connectivity index (χ2v) is 6.55. The molecule has 0 aliphatic heterocycles. The summed E-state index contributed by atoms with van der Waals surface area (Å²) in [5.41, 5.74) is -2.46. The maximum absolute atomic E-state index is 13.0. The zero-order valence-electron chi connectivity index (χ0n) is 14.1. The molecule has 0 radical (unpaired) electrons. The number of benzene rings is 1. The molecule has 0 fully saturated rings. The number of ether oxygens (including phenoxy) is 1. The van der Waals surface area contributed by atoms with E-state index in [1.807, 2.05) is 0 Å². The van der Waals surface area contributed by atoms with Crippen LogP contribution < -0.4 is 5.32 Å². The van der Waals surface area contributed by atoms with Crippen LogP contribution in [0.1, 0.15) is 12.5 Å². The number of rotatable bonds is 6. The van der Waals surface area contributed by atoms with Crippen LogP contribution in [0.15, 0.2) is 12.3 Å². The molecule has 0 saturated heterocycles. The van der Waals surface area contributed by atoms with Gasteiger partial charge >= 0.3 is 11.9 Å². The maximum Gasteiger partial charge on any atom is 0.417 e. The molecule has 29 heavy (non-hydrogen) atoms. The van der Waals surface area contributed by atoms with Crippen molar-refractivity contribution in [1.82, 2.24) is 9.78 Å². The number of hydrogen-bond donors (Lipinski definition) is 2. The number of amides is 1. The van der Waals surface area contributed by atoms with Crippen LogP contribution in [0.4, 0.5) is 24.7 Å². The van der Waals surface area contributed by atoms with Crippen molar-refractivity contribution in [2.75, 3.05) is 11.9 Å². The van der Waals surface area contributed by atoms with Gasteiger partial charge in [0.1, 0.15) is 18.5 Å². The summed E-state index contributed by atoms with van der Waals surface area (Å²) in [6.45, 7) is 0.541. The van der Waals surface area contributed by atoms with E-state index >= 15 is 0 Å². The minimum absolute atomic E-state index is 0.425. The Morgan fingerprint density at radius 3 is 2.55 bits per heavy atom. The Bertz CT molecular complexity index is 965. The number of alkyl halides is 3. The predicted octanol–water partition coefficient (Wildman–Crippen LogP) is 4.05. The number of halogens is 6. The Balaban J connectivity index is 2.60. The Kier molecular flexibility index (Phi) is 6.96. The van der Waals surface area contributed by atoms with Gasteiger partial charge in [0, 0.05) is 0 Å². The van der Waals surface area contributed by atoms with E-state index in [4.69, 9.17) is 39.9 Å². The molecular formula is C14H10Cl3F3N4O5. The van der Waals surface area contributed by atoms with Crippen molar-refractivity contribution < 1.29 is 32.7 Å². The number of aromatic nitrogens is 2. The molecule has 1 aromatic heterocycles. The van der Waals surface area contributed by atoms with Crippen LogP contribution >= 0.6 is 34.8 Å². The first-order valence-electron chi connectivity index (χ1n) is 7.41. The molecule has 0 spiro atoms. The zero-order chi connectivity index (χ0) is 22.1. The highest BCUT2D eigenvalue weighted by atomic mass is 35.5. The monoisotopic (exact) mass is 476 g/mol. The molecule has 158 valence electrons. The molecule has 0 bridgehead atoms. The van der Waals surface area contributed by atoms with Gasteiger partial charge in [-0.1, -0.05) is 34.8 Å². The molecule has 2 N–H and O–H groups in total. The average Bonchev–Trinajstić information content (AvgIpc) is 2.99. The Hall–Kier alpha value is -2.12. The lowest BCUT2D eigenvalue weighted by Gasteiger charge is -2.16. The van der Waals surface area contributed by atoms with Crippen LogP contribution in [0, 0.1) is 10.1 Å². The molecule has 9 nitrogen and oxygen atoms in total. The molecular weight excluding hydrogens is 468 g/mol. The highest BCUT2D eigenvalue weighted by Gasteiger charge is 2.37. The van der Waals surface area contributed by atoms with Gasteiger partial charge in [0.25, 0.3) is 5.91 Å². The molecule has 1 amide bonds. The van der Waals surface area contributed by atoms with E-state index < -0.39 is 67.7 Å². The second-order valence-electron chi connectivity index (χ2n) is 5.39. The smallest absolute Gasteiger partial charge is 0.368 e. The molecule has 1 heterocycles. The van der Waals surface area contributed by atoms with E-state index in [9.17, 15) is 28.1 Å². The molecule has 1 aromatic carbocycles. The van der Waals surface area contributed by atoms with Crippen molar-refractivity contribution in [2.45, 2.75) is 19.4 Å². The van der Waals surface area contributed by atoms with E-state index in [0.717, 1.165) is 6.20 Å². The number of anilines is 1. The lowest BCUT2D eigenvalue weighted by atomic mass is 10.2. The predicted molar refractivity (Wildman–Crippen MR) is 96.5 cm³/mol. The number of carbonyl (C=O) groups excluding carboxylic acids is 1. The minimum Gasteiger partial charge on any atom is -0.368 e. The summed E-state index contributed by atoms with van der Waals surface area (Å²) in [7, 11) is 0. The summed E-state index contributed by atoms with van der Waals surface area (Å²) >= 11 is 17.5. The third-order valence-electron chi connectivity index (χ3n) is 3.31. The van der Waals surface area contributed by atoms with E-state index in [2.05, 4.69) is 15.2 Å². The molecule has 1 unspecified atom stereocenters. The van der Waals surface area contributed by atoms with Gasteiger partial charge in [-0.2, -0.15) is 18.3 Å². The van der Waals surface area contributed by atoms with Gasteiger partial charge < -0.3 is 15.2 Å². The van der Waals surface area contributed by atoms with Gasteiger partial charge in [0.15, 0.2) is 6.29 Å². The van der Waals surface area contributed by atoms with Crippen LogP contribution in [0.3, 0.4) is 0 Å². The standard InChI is InChI=1S/C14H10Cl3F3N4O5/c1-5(25)29-4-9(26)22-13-8(24(27)28)3-21-23(13)12-7(15)2-6(14(18,19)20)10(16)11(12)17/h2-3,5,25H,4H2,1H3,(H,22,26). The zero-order valence-corrected chi connectivity index (χ0v) is 16.4. The van der Waals surface area contributed by atoms with Gasteiger partial charge in [-0.15, -0.1) is 0 Å². The lowest BCUT2D eigenvalue weighted by Crippen LogP contribution is -2.23. The van der Waals surface area contributed by atoms with Crippen molar-refractivity contribution in [1.29, 1.82) is 0 Å². The van der Waals surface area contributed by atoms with Gasteiger partial charge in [0.05, 0.1) is 25.6 Å².